The van der Waals surface area contributed by atoms with Crippen molar-refractivity contribution in [2.75, 3.05) is 11.9 Å². The van der Waals surface area contributed by atoms with Gasteiger partial charge in [0.05, 0.1) is 6.54 Å². The van der Waals surface area contributed by atoms with E-state index in [1.54, 1.807) is 19.1 Å². The molecule has 0 aromatic heterocycles. The van der Waals surface area contributed by atoms with Gasteiger partial charge in [0.1, 0.15) is 11.4 Å². The minimum atomic E-state index is -1.20. The second kappa shape index (κ2) is 7.25. The summed E-state index contributed by atoms with van der Waals surface area (Å²) in [5.74, 6) is -2.18. The molecular weight excluding hydrogens is 335 g/mol. The number of benzene rings is 2. The monoisotopic (exact) mass is 356 g/mol. The van der Waals surface area contributed by atoms with Crippen LogP contribution < -0.4 is 10.6 Å². The quantitative estimate of drug-likeness (QED) is 0.720. The molecule has 2 aromatic rings. The van der Waals surface area contributed by atoms with Crippen LogP contribution in [0.15, 0.2) is 48.5 Å². The summed E-state index contributed by atoms with van der Waals surface area (Å²) >= 11 is 0. The molecule has 2 aromatic carbocycles. The van der Waals surface area contributed by atoms with Crippen molar-refractivity contribution in [3.8, 4) is 0 Å². The fourth-order valence-electron chi connectivity index (χ4n) is 2.92. The Kier molecular flexibility index (Phi) is 5.04. The van der Waals surface area contributed by atoms with Crippen molar-refractivity contribution in [3.63, 3.8) is 0 Å². The van der Waals surface area contributed by atoms with Gasteiger partial charge >= 0.3 is 11.8 Å². The first-order valence-electron chi connectivity index (χ1n) is 8.53. The van der Waals surface area contributed by atoms with Gasteiger partial charge in [-0.05, 0) is 48.9 Å². The topological polar surface area (TPSA) is 78.4 Å². The molecule has 3 N–H and O–H groups in total. The Hall–Kier alpha value is -2.73. The molecule has 1 aliphatic rings. The van der Waals surface area contributed by atoms with E-state index in [9.17, 15) is 19.1 Å². The summed E-state index contributed by atoms with van der Waals surface area (Å²) in [5, 5.41) is 15.9. The summed E-state index contributed by atoms with van der Waals surface area (Å²) in [6.45, 7) is 1.55. The molecule has 0 heterocycles. The van der Waals surface area contributed by atoms with Gasteiger partial charge in [0, 0.05) is 5.69 Å². The number of carbonyl (C=O) groups is 2. The Morgan fingerprint density at radius 3 is 2.46 bits per heavy atom. The Balaban J connectivity index is 1.63. The molecule has 0 bridgehead atoms. The molecule has 1 unspecified atom stereocenters. The standard InChI is InChI=1S/C20H21FN2O3/c1-13-7-10-16(11-17(13)21)23-19(25)18(24)22-12-20(26,15-8-9-15)14-5-3-2-4-6-14/h2-7,10-11,15,26H,8-9,12H2,1H3,(H,22,24)(H,23,25). The molecule has 0 spiro atoms. The summed E-state index contributed by atoms with van der Waals surface area (Å²) in [5.41, 5.74) is 0.162. The molecule has 26 heavy (non-hydrogen) atoms. The van der Waals surface area contributed by atoms with Gasteiger partial charge < -0.3 is 15.7 Å². The van der Waals surface area contributed by atoms with Gasteiger partial charge in [-0.3, -0.25) is 9.59 Å². The van der Waals surface area contributed by atoms with Crippen molar-refractivity contribution in [1.29, 1.82) is 0 Å². The summed E-state index contributed by atoms with van der Waals surface area (Å²) in [4.78, 5) is 24.1. The van der Waals surface area contributed by atoms with Crippen LogP contribution in [0.2, 0.25) is 0 Å². The maximum absolute atomic E-state index is 13.5. The minimum Gasteiger partial charge on any atom is -0.383 e. The van der Waals surface area contributed by atoms with Crippen LogP contribution in [-0.4, -0.2) is 23.5 Å². The number of nitrogens with one attached hydrogen (secondary N) is 2. The van der Waals surface area contributed by atoms with Crippen LogP contribution in [0.5, 0.6) is 0 Å². The number of rotatable bonds is 5. The molecule has 0 radical (unpaired) electrons. The number of amides is 2. The SMILES string of the molecule is Cc1ccc(NC(=O)C(=O)NCC(O)(c2ccccc2)C2CC2)cc1F. The van der Waals surface area contributed by atoms with E-state index in [1.807, 2.05) is 18.2 Å². The first-order chi connectivity index (χ1) is 12.4. The molecule has 5 nitrogen and oxygen atoms in total. The number of aryl methyl sites for hydroxylation is 1. The van der Waals surface area contributed by atoms with Crippen LogP contribution in [0.4, 0.5) is 10.1 Å². The normalized spacial score (nSPS) is 15.8. The van der Waals surface area contributed by atoms with Crippen molar-refractivity contribution in [1.82, 2.24) is 5.32 Å². The lowest BCUT2D eigenvalue weighted by Crippen LogP contribution is -2.45. The summed E-state index contributed by atoms with van der Waals surface area (Å²) in [6, 6.07) is 13.3. The van der Waals surface area contributed by atoms with E-state index >= 15 is 0 Å². The molecule has 1 saturated carbocycles. The van der Waals surface area contributed by atoms with E-state index in [1.165, 1.54) is 12.1 Å². The van der Waals surface area contributed by atoms with E-state index in [2.05, 4.69) is 10.6 Å². The van der Waals surface area contributed by atoms with Crippen molar-refractivity contribution >= 4 is 17.5 Å². The van der Waals surface area contributed by atoms with Crippen molar-refractivity contribution in [2.24, 2.45) is 5.92 Å². The highest BCUT2D eigenvalue weighted by atomic mass is 19.1. The Morgan fingerprint density at radius 2 is 1.85 bits per heavy atom. The Labute approximate surface area is 151 Å². The Bertz CT molecular complexity index is 821. The highest BCUT2D eigenvalue weighted by Gasteiger charge is 2.45. The number of hydrogen-bond acceptors (Lipinski definition) is 3. The zero-order valence-electron chi connectivity index (χ0n) is 14.5. The van der Waals surface area contributed by atoms with E-state index in [0.29, 0.717) is 11.1 Å². The first kappa shape index (κ1) is 18.1. The fraction of sp³-hybridized carbons (Fsp3) is 0.300. The molecule has 0 aliphatic heterocycles. The smallest absolute Gasteiger partial charge is 0.313 e. The van der Waals surface area contributed by atoms with Crippen molar-refractivity contribution < 1.29 is 19.1 Å². The number of aliphatic hydroxyl groups is 1. The third-order valence-electron chi connectivity index (χ3n) is 4.68. The zero-order chi connectivity index (χ0) is 18.7. The molecule has 1 aliphatic carbocycles. The predicted molar refractivity (Wildman–Crippen MR) is 95.8 cm³/mol. The zero-order valence-corrected chi connectivity index (χ0v) is 14.5. The van der Waals surface area contributed by atoms with Crippen molar-refractivity contribution in [3.05, 3.63) is 65.5 Å². The van der Waals surface area contributed by atoms with Crippen LogP contribution in [0.1, 0.15) is 24.0 Å². The average molecular weight is 356 g/mol. The third kappa shape index (κ3) is 3.91. The van der Waals surface area contributed by atoms with Gasteiger partial charge in [0.25, 0.3) is 0 Å². The van der Waals surface area contributed by atoms with E-state index < -0.39 is 23.2 Å². The van der Waals surface area contributed by atoms with Crippen LogP contribution in [0.3, 0.4) is 0 Å². The molecule has 136 valence electrons. The fourth-order valence-corrected chi connectivity index (χ4v) is 2.92. The van der Waals surface area contributed by atoms with E-state index in [0.717, 1.165) is 18.9 Å². The molecule has 6 heteroatoms. The maximum Gasteiger partial charge on any atom is 0.313 e. The number of anilines is 1. The second-order valence-corrected chi connectivity index (χ2v) is 6.67. The molecule has 2 amide bonds. The average Bonchev–Trinajstić information content (AvgIpc) is 3.49. The lowest BCUT2D eigenvalue weighted by molar-refractivity contribution is -0.137. The number of carbonyl (C=O) groups excluding carboxylic acids is 2. The van der Waals surface area contributed by atoms with Crippen molar-refractivity contribution in [2.45, 2.75) is 25.4 Å². The van der Waals surface area contributed by atoms with E-state index in [4.69, 9.17) is 0 Å². The minimum absolute atomic E-state index is 0.0551. The molecule has 3 rings (SSSR count). The van der Waals surface area contributed by atoms with Gasteiger partial charge in [-0.25, -0.2) is 4.39 Å². The maximum atomic E-state index is 13.5. The molecule has 1 atom stereocenters. The second-order valence-electron chi connectivity index (χ2n) is 6.67. The third-order valence-corrected chi connectivity index (χ3v) is 4.68. The van der Waals surface area contributed by atoms with Gasteiger partial charge in [-0.1, -0.05) is 36.4 Å². The summed E-state index contributed by atoms with van der Waals surface area (Å²) < 4.78 is 13.5. The highest BCUT2D eigenvalue weighted by Crippen LogP contribution is 2.45. The highest BCUT2D eigenvalue weighted by molar-refractivity contribution is 6.39. The van der Waals surface area contributed by atoms with Crippen LogP contribution in [0, 0.1) is 18.7 Å². The lowest BCUT2D eigenvalue weighted by Gasteiger charge is -2.29. The van der Waals surface area contributed by atoms with E-state index in [-0.39, 0.29) is 18.2 Å². The Morgan fingerprint density at radius 1 is 1.15 bits per heavy atom. The number of hydrogen-bond donors (Lipinski definition) is 3. The van der Waals surface area contributed by atoms with Gasteiger partial charge in [-0.2, -0.15) is 0 Å². The molecular formula is C20H21FN2O3. The van der Waals surface area contributed by atoms with Crippen LogP contribution >= 0.6 is 0 Å². The largest absolute Gasteiger partial charge is 0.383 e. The molecule has 1 fully saturated rings. The first-order valence-corrected chi connectivity index (χ1v) is 8.53. The summed E-state index contributed by atoms with van der Waals surface area (Å²) in [6.07, 6.45) is 1.74. The van der Waals surface area contributed by atoms with Crippen LogP contribution in [-0.2, 0) is 15.2 Å². The van der Waals surface area contributed by atoms with Gasteiger partial charge in [0.15, 0.2) is 0 Å². The number of halogens is 1. The molecule has 0 saturated heterocycles. The lowest BCUT2D eigenvalue weighted by atomic mass is 9.88. The summed E-state index contributed by atoms with van der Waals surface area (Å²) in [7, 11) is 0. The van der Waals surface area contributed by atoms with Crippen LogP contribution in [0.25, 0.3) is 0 Å². The van der Waals surface area contributed by atoms with Gasteiger partial charge in [0.2, 0.25) is 0 Å². The van der Waals surface area contributed by atoms with Gasteiger partial charge in [-0.15, -0.1) is 0 Å². The predicted octanol–water partition coefficient (Wildman–Crippen LogP) is 2.49.